The molecule has 6 heteroatoms. The Morgan fingerprint density at radius 3 is 2.96 bits per heavy atom. The zero-order chi connectivity index (χ0) is 19.0. The maximum Gasteiger partial charge on any atom is 0.287 e. The molecular formula is C21H22ClN3O2. The number of carbonyl (C=O) groups excluding carboxylic acids is 1. The van der Waals surface area contributed by atoms with Crippen LogP contribution >= 0.6 is 11.6 Å². The Morgan fingerprint density at radius 2 is 2.22 bits per heavy atom. The van der Waals surface area contributed by atoms with E-state index in [4.69, 9.17) is 16.0 Å². The van der Waals surface area contributed by atoms with Crippen molar-refractivity contribution in [2.24, 2.45) is 5.41 Å². The molecule has 3 aromatic rings. The monoisotopic (exact) mass is 383 g/mol. The SMILES string of the molecule is CC1(C)Cc2c(cnn2Cc2cccc(Cl)c2)C(NC(=O)c2ccco2)C1. The first-order chi connectivity index (χ1) is 12.9. The van der Waals surface area contributed by atoms with Crippen molar-refractivity contribution >= 4 is 17.5 Å². The molecule has 0 fully saturated rings. The molecule has 0 aliphatic heterocycles. The minimum absolute atomic E-state index is 0.0558. The molecule has 0 saturated carbocycles. The Morgan fingerprint density at radius 1 is 1.37 bits per heavy atom. The lowest BCUT2D eigenvalue weighted by Crippen LogP contribution is -2.36. The van der Waals surface area contributed by atoms with Gasteiger partial charge in [-0.2, -0.15) is 5.10 Å². The van der Waals surface area contributed by atoms with Crippen molar-refractivity contribution in [3.05, 3.63) is 76.5 Å². The summed E-state index contributed by atoms with van der Waals surface area (Å²) in [7, 11) is 0. The Labute approximate surface area is 163 Å². The molecule has 0 spiro atoms. The quantitative estimate of drug-likeness (QED) is 0.715. The number of rotatable bonds is 4. The average molecular weight is 384 g/mol. The van der Waals surface area contributed by atoms with Crippen LogP contribution in [0.3, 0.4) is 0 Å². The normalized spacial score (nSPS) is 18.1. The largest absolute Gasteiger partial charge is 0.459 e. The molecular weight excluding hydrogens is 362 g/mol. The molecule has 1 aromatic carbocycles. The van der Waals surface area contributed by atoms with E-state index < -0.39 is 0 Å². The molecule has 1 amide bonds. The van der Waals surface area contributed by atoms with Crippen LogP contribution in [-0.4, -0.2) is 15.7 Å². The molecule has 1 N–H and O–H groups in total. The first-order valence-corrected chi connectivity index (χ1v) is 9.42. The number of fused-ring (bicyclic) bond motifs is 1. The summed E-state index contributed by atoms with van der Waals surface area (Å²) < 4.78 is 7.25. The van der Waals surface area contributed by atoms with Crippen molar-refractivity contribution in [3.63, 3.8) is 0 Å². The van der Waals surface area contributed by atoms with Gasteiger partial charge in [0.25, 0.3) is 5.91 Å². The van der Waals surface area contributed by atoms with Gasteiger partial charge in [0.1, 0.15) is 0 Å². The lowest BCUT2D eigenvalue weighted by atomic mass is 9.74. The summed E-state index contributed by atoms with van der Waals surface area (Å²) in [5, 5.41) is 8.44. The Hall–Kier alpha value is -2.53. The van der Waals surface area contributed by atoms with Crippen molar-refractivity contribution in [2.45, 2.75) is 39.3 Å². The van der Waals surface area contributed by atoms with Gasteiger partial charge in [0.15, 0.2) is 5.76 Å². The van der Waals surface area contributed by atoms with E-state index in [0.29, 0.717) is 12.3 Å². The predicted octanol–water partition coefficient (Wildman–Crippen LogP) is 4.62. The molecule has 2 heterocycles. The van der Waals surface area contributed by atoms with Gasteiger partial charge in [0, 0.05) is 16.3 Å². The van der Waals surface area contributed by atoms with Gasteiger partial charge < -0.3 is 9.73 Å². The smallest absolute Gasteiger partial charge is 0.287 e. The molecule has 0 radical (unpaired) electrons. The Kier molecular flexibility index (Phi) is 4.56. The highest BCUT2D eigenvalue weighted by Crippen LogP contribution is 2.41. The lowest BCUT2D eigenvalue weighted by Gasteiger charge is -2.35. The minimum atomic E-state index is -0.198. The van der Waals surface area contributed by atoms with Crippen molar-refractivity contribution in [1.29, 1.82) is 0 Å². The molecule has 1 unspecified atom stereocenters. The van der Waals surface area contributed by atoms with Gasteiger partial charge in [0.2, 0.25) is 0 Å². The van der Waals surface area contributed by atoms with Crippen LogP contribution < -0.4 is 5.32 Å². The third-order valence-corrected chi connectivity index (χ3v) is 5.27. The molecule has 0 bridgehead atoms. The number of benzene rings is 1. The number of hydrogen-bond acceptors (Lipinski definition) is 3. The van der Waals surface area contributed by atoms with Gasteiger partial charge in [-0.15, -0.1) is 0 Å². The fourth-order valence-electron chi connectivity index (χ4n) is 3.81. The third kappa shape index (κ3) is 3.78. The van der Waals surface area contributed by atoms with Crippen LogP contribution in [0.5, 0.6) is 0 Å². The standard InChI is InChI=1S/C21H22ClN3O2/c1-21(2)10-17(24-20(26)19-7-4-8-27-19)16-12-23-25(18(16)11-21)13-14-5-3-6-15(22)9-14/h3-9,12,17H,10-11,13H2,1-2H3,(H,24,26). The summed E-state index contributed by atoms with van der Waals surface area (Å²) in [5.41, 5.74) is 3.40. The summed E-state index contributed by atoms with van der Waals surface area (Å²) in [4.78, 5) is 12.5. The van der Waals surface area contributed by atoms with Gasteiger partial charge in [-0.25, -0.2) is 0 Å². The fraction of sp³-hybridized carbons (Fsp3) is 0.333. The van der Waals surface area contributed by atoms with Crippen LogP contribution in [-0.2, 0) is 13.0 Å². The second kappa shape index (κ2) is 6.89. The number of nitrogens with zero attached hydrogens (tertiary/aromatic N) is 2. The van der Waals surface area contributed by atoms with Gasteiger partial charge in [-0.05, 0) is 48.1 Å². The van der Waals surface area contributed by atoms with Crippen LogP contribution in [0, 0.1) is 5.41 Å². The highest BCUT2D eigenvalue weighted by molar-refractivity contribution is 6.30. The molecule has 5 nitrogen and oxygen atoms in total. The van der Waals surface area contributed by atoms with Crippen LogP contribution in [0.1, 0.15) is 53.7 Å². The molecule has 1 aliphatic carbocycles. The summed E-state index contributed by atoms with van der Waals surface area (Å²) in [6, 6.07) is 11.1. The van der Waals surface area contributed by atoms with Gasteiger partial charge in [0.05, 0.1) is 25.0 Å². The number of hydrogen-bond donors (Lipinski definition) is 1. The lowest BCUT2D eigenvalue weighted by molar-refractivity contribution is 0.0891. The first kappa shape index (κ1) is 17.9. The van der Waals surface area contributed by atoms with Crippen molar-refractivity contribution in [1.82, 2.24) is 15.1 Å². The number of amides is 1. The van der Waals surface area contributed by atoms with E-state index in [0.717, 1.165) is 34.7 Å². The van der Waals surface area contributed by atoms with Crippen LogP contribution in [0.25, 0.3) is 0 Å². The van der Waals surface area contributed by atoms with Gasteiger partial charge >= 0.3 is 0 Å². The van der Waals surface area contributed by atoms with E-state index in [9.17, 15) is 4.79 Å². The van der Waals surface area contributed by atoms with E-state index in [1.54, 1.807) is 12.1 Å². The maximum absolute atomic E-state index is 12.5. The highest BCUT2D eigenvalue weighted by atomic mass is 35.5. The van der Waals surface area contributed by atoms with Crippen molar-refractivity contribution in [2.75, 3.05) is 0 Å². The highest BCUT2D eigenvalue weighted by Gasteiger charge is 2.36. The zero-order valence-corrected chi connectivity index (χ0v) is 16.2. The van der Waals surface area contributed by atoms with E-state index in [2.05, 4.69) is 24.3 Å². The van der Waals surface area contributed by atoms with Gasteiger partial charge in [-0.1, -0.05) is 37.6 Å². The summed E-state index contributed by atoms with van der Waals surface area (Å²) in [6.07, 6.45) is 5.15. The van der Waals surface area contributed by atoms with Gasteiger partial charge in [-0.3, -0.25) is 9.48 Å². The molecule has 0 saturated heterocycles. The van der Waals surface area contributed by atoms with E-state index in [1.807, 2.05) is 35.1 Å². The molecule has 1 aliphatic rings. The van der Waals surface area contributed by atoms with Crippen LogP contribution in [0.4, 0.5) is 0 Å². The number of nitrogens with one attached hydrogen (secondary N) is 1. The van der Waals surface area contributed by atoms with E-state index in [-0.39, 0.29) is 17.4 Å². The first-order valence-electron chi connectivity index (χ1n) is 9.05. The van der Waals surface area contributed by atoms with Crippen molar-refractivity contribution in [3.8, 4) is 0 Å². The molecule has 1 atom stereocenters. The predicted molar refractivity (Wildman–Crippen MR) is 104 cm³/mol. The van der Waals surface area contributed by atoms with Crippen molar-refractivity contribution < 1.29 is 9.21 Å². The van der Waals surface area contributed by atoms with Crippen LogP contribution in [0.15, 0.2) is 53.3 Å². The minimum Gasteiger partial charge on any atom is -0.459 e. The Balaban J connectivity index is 1.62. The van der Waals surface area contributed by atoms with E-state index in [1.165, 1.54) is 6.26 Å². The second-order valence-electron chi connectivity index (χ2n) is 7.88. The third-order valence-electron chi connectivity index (χ3n) is 5.03. The Bertz CT molecular complexity index is 960. The fourth-order valence-corrected chi connectivity index (χ4v) is 4.02. The molecule has 27 heavy (non-hydrogen) atoms. The maximum atomic E-state index is 12.5. The molecule has 4 rings (SSSR count). The summed E-state index contributed by atoms with van der Waals surface area (Å²) in [6.45, 7) is 5.10. The summed E-state index contributed by atoms with van der Waals surface area (Å²) in [5.74, 6) is 0.127. The molecule has 2 aromatic heterocycles. The number of halogens is 1. The van der Waals surface area contributed by atoms with E-state index >= 15 is 0 Å². The van der Waals surface area contributed by atoms with Crippen LogP contribution in [0.2, 0.25) is 5.02 Å². The zero-order valence-electron chi connectivity index (χ0n) is 15.4. The number of furan rings is 1. The second-order valence-corrected chi connectivity index (χ2v) is 8.32. The summed E-state index contributed by atoms with van der Waals surface area (Å²) >= 11 is 6.12. The topological polar surface area (TPSA) is 60.1 Å². The average Bonchev–Trinajstić information content (AvgIpc) is 3.25. The number of aromatic nitrogens is 2. The molecule has 140 valence electrons. The number of carbonyl (C=O) groups is 1.